The first kappa shape index (κ1) is 18.1. The van der Waals surface area contributed by atoms with Crippen molar-refractivity contribution in [1.82, 2.24) is 10.6 Å². The van der Waals surface area contributed by atoms with Crippen molar-refractivity contribution in [1.29, 1.82) is 0 Å². The number of rotatable bonds is 2. The Morgan fingerprint density at radius 1 is 1.29 bits per heavy atom. The van der Waals surface area contributed by atoms with E-state index < -0.39 is 23.9 Å². The Bertz CT molecular complexity index is 635. The number of aliphatic hydroxyl groups excluding tert-OH is 1. The van der Waals surface area contributed by atoms with Crippen molar-refractivity contribution in [3.05, 3.63) is 35.4 Å². The van der Waals surface area contributed by atoms with Crippen LogP contribution in [0.3, 0.4) is 0 Å². The number of hydrogen-bond donors (Lipinski definition) is 3. The van der Waals surface area contributed by atoms with E-state index in [0.29, 0.717) is 6.42 Å². The van der Waals surface area contributed by atoms with E-state index in [1.54, 1.807) is 0 Å². The lowest BCUT2D eigenvalue weighted by atomic mass is 9.93. The first-order valence-corrected chi connectivity index (χ1v) is 7.75. The zero-order valence-corrected chi connectivity index (χ0v) is 13.0. The van der Waals surface area contributed by atoms with E-state index in [9.17, 15) is 23.1 Å². The van der Waals surface area contributed by atoms with E-state index >= 15 is 0 Å². The fraction of sp³-hybridized carbons (Fsp3) is 0.471. The molecule has 1 saturated carbocycles. The first-order chi connectivity index (χ1) is 11.4. The Kier molecular flexibility index (Phi) is 6.10. The number of nitrogens with one attached hydrogen (secondary N) is 2. The third-order valence-electron chi connectivity index (χ3n) is 3.81. The van der Waals surface area contributed by atoms with Gasteiger partial charge in [-0.05, 0) is 31.0 Å². The summed E-state index contributed by atoms with van der Waals surface area (Å²) in [6, 6.07) is 3.99. The van der Waals surface area contributed by atoms with E-state index in [2.05, 4.69) is 22.5 Å². The molecule has 130 valence electrons. The van der Waals surface area contributed by atoms with Gasteiger partial charge in [-0.15, -0.1) is 0 Å². The van der Waals surface area contributed by atoms with Gasteiger partial charge in [0.15, 0.2) is 0 Å². The lowest BCUT2D eigenvalue weighted by Gasteiger charge is -2.28. The van der Waals surface area contributed by atoms with Crippen LogP contribution < -0.4 is 10.6 Å². The molecule has 2 rings (SSSR count). The number of aliphatic hydroxyl groups is 1. The molecule has 7 heteroatoms. The normalized spacial score (nSPS) is 20.7. The molecule has 0 heterocycles. The summed E-state index contributed by atoms with van der Waals surface area (Å²) in [5.74, 6) is 5.19. The highest BCUT2D eigenvalue weighted by atomic mass is 19.4. The lowest BCUT2D eigenvalue weighted by molar-refractivity contribution is -0.137. The van der Waals surface area contributed by atoms with Gasteiger partial charge in [0.05, 0.1) is 24.3 Å². The highest BCUT2D eigenvalue weighted by Crippen LogP contribution is 2.29. The summed E-state index contributed by atoms with van der Waals surface area (Å²) in [5.41, 5.74) is -0.527. The first-order valence-electron chi connectivity index (χ1n) is 7.75. The number of benzene rings is 1. The second-order valence-corrected chi connectivity index (χ2v) is 5.67. The molecule has 4 nitrogen and oxygen atoms in total. The molecule has 1 aromatic rings. The third-order valence-corrected chi connectivity index (χ3v) is 3.81. The molecular formula is C17H19F3N2O2. The molecule has 0 aromatic heterocycles. The summed E-state index contributed by atoms with van der Waals surface area (Å²) in [5, 5.41) is 15.0. The molecule has 1 aliphatic rings. The van der Waals surface area contributed by atoms with E-state index in [1.165, 1.54) is 12.1 Å². The number of amides is 2. The van der Waals surface area contributed by atoms with Crippen molar-refractivity contribution in [2.24, 2.45) is 0 Å². The molecule has 2 amide bonds. The van der Waals surface area contributed by atoms with Gasteiger partial charge < -0.3 is 15.7 Å². The molecular weight excluding hydrogens is 321 g/mol. The average molecular weight is 340 g/mol. The minimum atomic E-state index is -4.41. The van der Waals surface area contributed by atoms with E-state index in [0.717, 1.165) is 31.4 Å². The number of carbonyl (C=O) groups is 1. The second-order valence-electron chi connectivity index (χ2n) is 5.67. The largest absolute Gasteiger partial charge is 0.416 e. The number of carbonyl (C=O) groups excluding carboxylic acids is 1. The van der Waals surface area contributed by atoms with Gasteiger partial charge in [0.1, 0.15) is 0 Å². The Morgan fingerprint density at radius 2 is 2.04 bits per heavy atom. The van der Waals surface area contributed by atoms with Crippen LogP contribution in [0, 0.1) is 11.8 Å². The summed E-state index contributed by atoms with van der Waals surface area (Å²) in [4.78, 5) is 11.7. The van der Waals surface area contributed by atoms with Gasteiger partial charge in [-0.3, -0.25) is 0 Å². The van der Waals surface area contributed by atoms with Crippen LogP contribution in [-0.4, -0.2) is 29.8 Å². The van der Waals surface area contributed by atoms with Crippen LogP contribution in [-0.2, 0) is 6.18 Å². The Morgan fingerprint density at radius 3 is 2.75 bits per heavy atom. The van der Waals surface area contributed by atoms with Crippen LogP contribution in [0.4, 0.5) is 18.0 Å². The Balaban J connectivity index is 1.82. The van der Waals surface area contributed by atoms with E-state index in [4.69, 9.17) is 0 Å². The van der Waals surface area contributed by atoms with Gasteiger partial charge in [-0.2, -0.15) is 13.2 Å². The number of hydrogen-bond acceptors (Lipinski definition) is 2. The molecule has 0 aliphatic heterocycles. The highest BCUT2D eigenvalue weighted by molar-refractivity contribution is 5.74. The SMILES string of the molecule is O=C(NCC#Cc1cccc(C(F)(F)F)c1)NC1CCCCC1O. The second kappa shape index (κ2) is 8.06. The third kappa shape index (κ3) is 5.46. The zero-order chi connectivity index (χ0) is 17.6. The molecule has 1 fully saturated rings. The maximum Gasteiger partial charge on any atom is 0.416 e. The van der Waals surface area contributed by atoms with Crippen molar-refractivity contribution < 1.29 is 23.1 Å². The van der Waals surface area contributed by atoms with Crippen LogP contribution in [0.25, 0.3) is 0 Å². The summed E-state index contributed by atoms with van der Waals surface area (Å²) in [7, 11) is 0. The molecule has 0 bridgehead atoms. The molecule has 24 heavy (non-hydrogen) atoms. The minimum Gasteiger partial charge on any atom is -0.391 e. The maximum atomic E-state index is 12.6. The van der Waals surface area contributed by atoms with Crippen molar-refractivity contribution in [2.75, 3.05) is 6.54 Å². The van der Waals surface area contributed by atoms with Crippen molar-refractivity contribution >= 4 is 6.03 Å². The smallest absolute Gasteiger partial charge is 0.391 e. The Labute approximate surface area is 138 Å². The van der Waals surface area contributed by atoms with Crippen LogP contribution in [0.15, 0.2) is 24.3 Å². The summed E-state index contributed by atoms with van der Waals surface area (Å²) in [6.45, 7) is 0.00486. The zero-order valence-electron chi connectivity index (χ0n) is 13.0. The van der Waals surface area contributed by atoms with Crippen LogP contribution >= 0.6 is 0 Å². The van der Waals surface area contributed by atoms with Gasteiger partial charge in [-0.25, -0.2) is 4.79 Å². The fourth-order valence-electron chi connectivity index (χ4n) is 2.54. The predicted octanol–water partition coefficient (Wildman–Crippen LogP) is 2.66. The fourth-order valence-corrected chi connectivity index (χ4v) is 2.54. The van der Waals surface area contributed by atoms with Gasteiger partial charge >= 0.3 is 12.2 Å². The molecule has 0 radical (unpaired) electrons. The molecule has 2 atom stereocenters. The predicted molar refractivity (Wildman–Crippen MR) is 83.1 cm³/mol. The van der Waals surface area contributed by atoms with Gasteiger partial charge in [0.2, 0.25) is 0 Å². The number of urea groups is 1. The molecule has 2 unspecified atom stereocenters. The average Bonchev–Trinajstić information content (AvgIpc) is 2.53. The lowest BCUT2D eigenvalue weighted by Crippen LogP contribution is -2.49. The van der Waals surface area contributed by atoms with Crippen molar-refractivity contribution in [3.63, 3.8) is 0 Å². The molecule has 3 N–H and O–H groups in total. The number of alkyl halides is 3. The quantitative estimate of drug-likeness (QED) is 0.725. The maximum absolute atomic E-state index is 12.6. The Hall–Kier alpha value is -2.20. The molecule has 1 aliphatic carbocycles. The molecule has 1 aromatic carbocycles. The van der Waals surface area contributed by atoms with Gasteiger partial charge in [0.25, 0.3) is 0 Å². The van der Waals surface area contributed by atoms with Crippen molar-refractivity contribution in [2.45, 2.75) is 44.0 Å². The summed E-state index contributed by atoms with van der Waals surface area (Å²) >= 11 is 0. The van der Waals surface area contributed by atoms with Gasteiger partial charge in [-0.1, -0.05) is 30.7 Å². The van der Waals surface area contributed by atoms with Crippen LogP contribution in [0.1, 0.15) is 36.8 Å². The van der Waals surface area contributed by atoms with Crippen LogP contribution in [0.2, 0.25) is 0 Å². The van der Waals surface area contributed by atoms with E-state index in [-0.39, 0.29) is 18.2 Å². The highest BCUT2D eigenvalue weighted by Gasteiger charge is 2.30. The number of halogens is 3. The summed E-state index contributed by atoms with van der Waals surface area (Å²) in [6.07, 6.45) is -1.65. The summed E-state index contributed by atoms with van der Waals surface area (Å²) < 4.78 is 37.7. The topological polar surface area (TPSA) is 61.4 Å². The van der Waals surface area contributed by atoms with E-state index in [1.807, 2.05) is 0 Å². The van der Waals surface area contributed by atoms with Gasteiger partial charge in [0, 0.05) is 5.56 Å². The van der Waals surface area contributed by atoms with Crippen LogP contribution in [0.5, 0.6) is 0 Å². The van der Waals surface area contributed by atoms with Crippen molar-refractivity contribution in [3.8, 4) is 11.8 Å². The molecule has 0 saturated heterocycles. The monoisotopic (exact) mass is 340 g/mol. The minimum absolute atomic E-state index is 0.00486. The standard InChI is InChI=1S/C17H19F3N2O2/c18-17(19,20)13-7-3-5-12(11-13)6-4-10-21-16(24)22-14-8-1-2-9-15(14)23/h3,5,7,11,14-15,23H,1-2,8-10H2,(H2,21,22,24). The molecule has 0 spiro atoms.